The number of rotatable bonds is 10. The van der Waals surface area contributed by atoms with Crippen LogP contribution < -0.4 is 14.8 Å². The van der Waals surface area contributed by atoms with E-state index in [9.17, 15) is 9.18 Å². The summed E-state index contributed by atoms with van der Waals surface area (Å²) in [7, 11) is 3.22. The highest BCUT2D eigenvalue weighted by molar-refractivity contribution is 5.92. The Labute approximate surface area is 187 Å². The van der Waals surface area contributed by atoms with Gasteiger partial charge in [-0.3, -0.25) is 9.69 Å². The second-order valence-corrected chi connectivity index (χ2v) is 7.70. The molecular formula is C24H28FN3O4. The van der Waals surface area contributed by atoms with E-state index in [2.05, 4.69) is 15.2 Å². The molecule has 32 heavy (non-hydrogen) atoms. The molecule has 0 aliphatic carbocycles. The summed E-state index contributed by atoms with van der Waals surface area (Å²) in [5.41, 5.74) is 2.07. The normalized spacial score (nSPS) is 11.1. The van der Waals surface area contributed by atoms with Gasteiger partial charge in [-0.15, -0.1) is 0 Å². The molecule has 3 rings (SSSR count). The molecule has 0 bridgehead atoms. The SMILES string of the molecule is COc1ccc(OC)c(CN(Cc2ccc(F)cc2)Cc2nc(C(=O)NC(C)C)co2)c1. The van der Waals surface area contributed by atoms with Crippen LogP contribution in [-0.4, -0.2) is 36.1 Å². The minimum absolute atomic E-state index is 0.00171. The average molecular weight is 442 g/mol. The Kier molecular flexibility index (Phi) is 7.83. The predicted molar refractivity (Wildman–Crippen MR) is 118 cm³/mol. The van der Waals surface area contributed by atoms with Gasteiger partial charge in [-0.1, -0.05) is 12.1 Å². The molecule has 1 amide bonds. The lowest BCUT2D eigenvalue weighted by atomic mass is 10.1. The van der Waals surface area contributed by atoms with Crippen LogP contribution >= 0.6 is 0 Å². The third kappa shape index (κ3) is 6.31. The summed E-state index contributed by atoms with van der Waals surface area (Å²) in [6.07, 6.45) is 1.36. The maximum atomic E-state index is 13.4. The fourth-order valence-electron chi connectivity index (χ4n) is 3.28. The second-order valence-electron chi connectivity index (χ2n) is 7.70. The Balaban J connectivity index is 1.84. The number of amides is 1. The molecule has 7 nitrogen and oxygen atoms in total. The molecule has 1 aromatic heterocycles. The standard InChI is InChI=1S/C24H28FN3O4/c1-16(2)26-24(29)21-15-32-23(27-21)14-28(12-17-5-7-19(25)8-6-17)13-18-11-20(30-3)9-10-22(18)31-4/h5-11,15-16H,12-14H2,1-4H3,(H,26,29). The number of halogens is 1. The van der Waals surface area contributed by atoms with Gasteiger partial charge in [-0.2, -0.15) is 0 Å². The average Bonchev–Trinajstić information content (AvgIpc) is 3.23. The fraction of sp³-hybridized carbons (Fsp3) is 0.333. The van der Waals surface area contributed by atoms with E-state index in [0.29, 0.717) is 31.3 Å². The predicted octanol–water partition coefficient (Wildman–Crippen LogP) is 4.17. The molecule has 0 aliphatic heterocycles. The van der Waals surface area contributed by atoms with E-state index in [1.807, 2.05) is 32.0 Å². The highest BCUT2D eigenvalue weighted by Crippen LogP contribution is 2.26. The lowest BCUT2D eigenvalue weighted by molar-refractivity contribution is 0.0938. The van der Waals surface area contributed by atoms with Crippen molar-refractivity contribution >= 4 is 5.91 Å². The molecule has 0 fully saturated rings. The van der Waals surface area contributed by atoms with Crippen molar-refractivity contribution in [3.63, 3.8) is 0 Å². The zero-order valence-corrected chi connectivity index (χ0v) is 18.7. The Morgan fingerprint density at radius 2 is 1.84 bits per heavy atom. The number of hydrogen-bond acceptors (Lipinski definition) is 6. The quantitative estimate of drug-likeness (QED) is 0.509. The van der Waals surface area contributed by atoms with E-state index in [-0.39, 0.29) is 23.5 Å². The summed E-state index contributed by atoms with van der Waals surface area (Å²) in [5, 5.41) is 2.80. The monoisotopic (exact) mass is 441 g/mol. The first-order valence-corrected chi connectivity index (χ1v) is 10.3. The Bertz CT molecular complexity index is 1030. The number of oxazole rings is 1. The highest BCUT2D eigenvalue weighted by atomic mass is 19.1. The molecule has 3 aromatic rings. The smallest absolute Gasteiger partial charge is 0.273 e. The number of nitrogens with zero attached hydrogens (tertiary/aromatic N) is 2. The number of methoxy groups -OCH3 is 2. The lowest BCUT2D eigenvalue weighted by Crippen LogP contribution is -2.30. The number of nitrogens with one attached hydrogen (secondary N) is 1. The number of benzene rings is 2. The summed E-state index contributed by atoms with van der Waals surface area (Å²) in [6.45, 7) is 5.10. The Morgan fingerprint density at radius 1 is 1.09 bits per heavy atom. The van der Waals surface area contributed by atoms with Crippen LogP contribution in [-0.2, 0) is 19.6 Å². The molecule has 0 unspecified atom stereocenters. The highest BCUT2D eigenvalue weighted by Gasteiger charge is 2.18. The van der Waals surface area contributed by atoms with Crippen molar-refractivity contribution in [3.05, 3.63) is 77.3 Å². The number of hydrogen-bond donors (Lipinski definition) is 1. The molecule has 1 N–H and O–H groups in total. The van der Waals surface area contributed by atoms with E-state index < -0.39 is 0 Å². The van der Waals surface area contributed by atoms with Crippen molar-refractivity contribution in [3.8, 4) is 11.5 Å². The molecule has 0 spiro atoms. The molecule has 2 aromatic carbocycles. The summed E-state index contributed by atoms with van der Waals surface area (Å²) in [5.74, 6) is 1.27. The number of carbonyl (C=O) groups is 1. The van der Waals surface area contributed by atoms with Crippen LogP contribution in [0, 0.1) is 5.82 Å². The van der Waals surface area contributed by atoms with Gasteiger partial charge < -0.3 is 19.2 Å². The van der Waals surface area contributed by atoms with Gasteiger partial charge >= 0.3 is 0 Å². The van der Waals surface area contributed by atoms with Crippen LogP contribution in [0.1, 0.15) is 41.4 Å². The number of aromatic nitrogens is 1. The van der Waals surface area contributed by atoms with Crippen molar-refractivity contribution in [2.75, 3.05) is 14.2 Å². The zero-order chi connectivity index (χ0) is 23.1. The van der Waals surface area contributed by atoms with E-state index in [1.54, 1.807) is 26.4 Å². The zero-order valence-electron chi connectivity index (χ0n) is 18.7. The fourth-order valence-corrected chi connectivity index (χ4v) is 3.28. The van der Waals surface area contributed by atoms with Crippen LogP contribution in [0.5, 0.6) is 11.5 Å². The third-order valence-corrected chi connectivity index (χ3v) is 4.76. The van der Waals surface area contributed by atoms with Crippen LogP contribution in [0.3, 0.4) is 0 Å². The maximum Gasteiger partial charge on any atom is 0.273 e. The molecule has 0 atom stereocenters. The van der Waals surface area contributed by atoms with E-state index in [4.69, 9.17) is 13.9 Å². The summed E-state index contributed by atoms with van der Waals surface area (Å²) in [4.78, 5) is 18.6. The van der Waals surface area contributed by atoms with Gasteiger partial charge in [0.05, 0.1) is 20.8 Å². The van der Waals surface area contributed by atoms with Crippen LogP contribution in [0.15, 0.2) is 53.1 Å². The summed E-state index contributed by atoms with van der Waals surface area (Å²) in [6, 6.07) is 11.9. The molecule has 0 saturated heterocycles. The van der Waals surface area contributed by atoms with Crippen molar-refractivity contribution in [2.24, 2.45) is 0 Å². The van der Waals surface area contributed by atoms with Crippen LogP contribution in [0.4, 0.5) is 4.39 Å². The van der Waals surface area contributed by atoms with Gasteiger partial charge in [0.15, 0.2) is 5.69 Å². The van der Waals surface area contributed by atoms with Gasteiger partial charge in [0, 0.05) is 24.7 Å². The van der Waals surface area contributed by atoms with Gasteiger partial charge in [-0.05, 0) is 49.7 Å². The van der Waals surface area contributed by atoms with Crippen LogP contribution in [0.25, 0.3) is 0 Å². The first kappa shape index (κ1) is 23.3. The van der Waals surface area contributed by atoms with Crippen molar-refractivity contribution in [2.45, 2.75) is 39.5 Å². The van der Waals surface area contributed by atoms with Gasteiger partial charge in [0.1, 0.15) is 23.6 Å². The minimum Gasteiger partial charge on any atom is -0.497 e. The molecule has 0 aliphatic rings. The van der Waals surface area contributed by atoms with Gasteiger partial charge in [0.2, 0.25) is 5.89 Å². The van der Waals surface area contributed by atoms with Crippen molar-refractivity contribution < 1.29 is 23.1 Å². The van der Waals surface area contributed by atoms with E-state index >= 15 is 0 Å². The Hall–Kier alpha value is -3.39. The largest absolute Gasteiger partial charge is 0.497 e. The molecular weight excluding hydrogens is 413 g/mol. The first-order valence-electron chi connectivity index (χ1n) is 10.3. The molecule has 0 radical (unpaired) electrons. The molecule has 1 heterocycles. The maximum absolute atomic E-state index is 13.4. The summed E-state index contributed by atoms with van der Waals surface area (Å²) >= 11 is 0. The lowest BCUT2D eigenvalue weighted by Gasteiger charge is -2.22. The van der Waals surface area contributed by atoms with Crippen molar-refractivity contribution in [1.29, 1.82) is 0 Å². The molecule has 8 heteroatoms. The molecule has 170 valence electrons. The van der Waals surface area contributed by atoms with E-state index in [1.165, 1.54) is 18.4 Å². The Morgan fingerprint density at radius 3 is 2.50 bits per heavy atom. The topological polar surface area (TPSA) is 76.8 Å². The van der Waals surface area contributed by atoms with Crippen LogP contribution in [0.2, 0.25) is 0 Å². The first-order chi connectivity index (χ1) is 15.4. The second kappa shape index (κ2) is 10.8. The van der Waals surface area contributed by atoms with Gasteiger partial charge in [-0.25, -0.2) is 9.37 Å². The third-order valence-electron chi connectivity index (χ3n) is 4.76. The summed E-state index contributed by atoms with van der Waals surface area (Å²) < 4.78 is 29.8. The molecule has 0 saturated carbocycles. The van der Waals surface area contributed by atoms with E-state index in [0.717, 1.165) is 16.9 Å². The number of carbonyl (C=O) groups excluding carboxylic acids is 1. The number of ether oxygens (including phenoxy) is 2. The minimum atomic E-state index is -0.289. The van der Waals surface area contributed by atoms with Gasteiger partial charge in [0.25, 0.3) is 5.91 Å². The van der Waals surface area contributed by atoms with Crippen molar-refractivity contribution in [1.82, 2.24) is 15.2 Å².